The molecule has 0 atom stereocenters. The van der Waals surface area contributed by atoms with Crippen molar-refractivity contribution in [2.45, 2.75) is 0 Å². The van der Waals surface area contributed by atoms with Crippen LogP contribution in [0.3, 0.4) is 0 Å². The minimum Gasteiger partial charge on any atom is -0.399 e. The Morgan fingerprint density at radius 2 is 0.606 bits per heavy atom. The van der Waals surface area contributed by atoms with Crippen LogP contribution in [0.15, 0.2) is 267 Å². The molecule has 11 rings (SSSR count). The van der Waals surface area contributed by atoms with Gasteiger partial charge in [-0.2, -0.15) is 0 Å². The largest absolute Gasteiger partial charge is 0.399 e. The fraction of sp³-hybridized carbons (Fsp3) is 0. The Kier molecular flexibility index (Phi) is 11.8. The van der Waals surface area contributed by atoms with Gasteiger partial charge in [-0.1, -0.05) is 182 Å². The first-order valence-corrected chi connectivity index (χ1v) is 22.2. The Morgan fingerprint density at radius 1 is 0.242 bits per heavy atom. The van der Waals surface area contributed by atoms with E-state index in [1.165, 1.54) is 32.7 Å². The lowest BCUT2D eigenvalue weighted by molar-refractivity contribution is 1.29. The molecule has 4 heteroatoms. The highest BCUT2D eigenvalue weighted by molar-refractivity contribution is 6.00. The van der Waals surface area contributed by atoms with Crippen molar-refractivity contribution in [1.82, 2.24) is 0 Å². The summed E-state index contributed by atoms with van der Waals surface area (Å²) in [6, 6.07) is 93.4. The monoisotopic (exact) mass is 848 g/mol. The molecule has 0 saturated heterocycles. The Bertz CT molecular complexity index is 3180. The van der Waals surface area contributed by atoms with Gasteiger partial charge in [-0.15, -0.1) is 0 Å². The van der Waals surface area contributed by atoms with Gasteiger partial charge in [0.15, 0.2) is 0 Å². The SMILES string of the molecule is Nc1ccc(-c2ccc(N)cc2-c2ccccc2)cc1.c1ccc(N(c2ccc(-c3ccc(N(c4ccccc4)c4cccc5ccccc45)cc3)cc2)c2cccc3ccccc23)cc1. The van der Waals surface area contributed by atoms with E-state index in [9.17, 15) is 0 Å². The normalized spacial score (nSPS) is 10.8. The van der Waals surface area contributed by atoms with E-state index in [0.29, 0.717) is 0 Å². The minimum absolute atomic E-state index is 0.767. The number of benzene rings is 11. The van der Waals surface area contributed by atoms with Crippen LogP contribution < -0.4 is 21.3 Å². The number of para-hydroxylation sites is 2. The van der Waals surface area contributed by atoms with Crippen LogP contribution in [-0.2, 0) is 0 Å². The summed E-state index contributed by atoms with van der Waals surface area (Å²) in [5.41, 5.74) is 27.0. The quantitative estimate of drug-likeness (QED) is 0.142. The number of rotatable bonds is 9. The van der Waals surface area contributed by atoms with Crippen molar-refractivity contribution in [2.75, 3.05) is 21.3 Å². The second-order valence-electron chi connectivity index (χ2n) is 16.2. The standard InChI is InChI=1S/C44H32N2.C18H16N2/c1-3-17-37(18-4-1)45(43-23-11-15-35-13-7-9-21-41(35)43)39-29-25-33(26-30-39)34-27-31-40(32-28-34)46(38-19-5-2-6-20-38)44-24-12-16-36-14-8-10-22-42(36)44;19-15-8-6-14(7-9-15)17-11-10-16(20)12-18(17)13-4-2-1-3-5-13/h1-32H;1-12H,19-20H2. The molecule has 0 spiro atoms. The Morgan fingerprint density at radius 3 is 1.09 bits per heavy atom. The first kappa shape index (κ1) is 41.2. The lowest BCUT2D eigenvalue weighted by Gasteiger charge is -2.27. The molecule has 11 aromatic rings. The van der Waals surface area contributed by atoms with E-state index in [-0.39, 0.29) is 0 Å². The van der Waals surface area contributed by atoms with Gasteiger partial charge in [-0.25, -0.2) is 0 Å². The molecule has 66 heavy (non-hydrogen) atoms. The van der Waals surface area contributed by atoms with E-state index >= 15 is 0 Å². The van der Waals surface area contributed by atoms with Gasteiger partial charge in [0.2, 0.25) is 0 Å². The van der Waals surface area contributed by atoms with Crippen molar-refractivity contribution >= 4 is 67.0 Å². The fourth-order valence-electron chi connectivity index (χ4n) is 8.75. The van der Waals surface area contributed by atoms with Crippen LogP contribution in [0, 0.1) is 0 Å². The molecule has 0 bridgehead atoms. The van der Waals surface area contributed by atoms with E-state index in [1.807, 2.05) is 54.6 Å². The molecule has 0 aromatic heterocycles. The predicted octanol–water partition coefficient (Wildman–Crippen LogP) is 16.8. The highest BCUT2D eigenvalue weighted by atomic mass is 15.1. The molecule has 0 aliphatic heterocycles. The molecule has 0 unspecified atom stereocenters. The third-order valence-electron chi connectivity index (χ3n) is 12.0. The van der Waals surface area contributed by atoms with Gasteiger partial charge in [0.1, 0.15) is 0 Å². The molecule has 0 aliphatic carbocycles. The topological polar surface area (TPSA) is 58.5 Å². The molecule has 0 heterocycles. The number of nitrogens with zero attached hydrogens (tertiary/aromatic N) is 2. The molecule has 316 valence electrons. The molecule has 0 fully saturated rings. The van der Waals surface area contributed by atoms with Gasteiger partial charge >= 0.3 is 0 Å². The summed E-state index contributed by atoms with van der Waals surface area (Å²) < 4.78 is 0. The number of nitrogens with two attached hydrogens (primary N) is 2. The molecule has 0 saturated carbocycles. The zero-order chi connectivity index (χ0) is 44.7. The molecular weight excluding hydrogens is 801 g/mol. The second kappa shape index (κ2) is 18.9. The lowest BCUT2D eigenvalue weighted by atomic mass is 9.94. The smallest absolute Gasteiger partial charge is 0.0540 e. The fourth-order valence-corrected chi connectivity index (χ4v) is 8.75. The maximum absolute atomic E-state index is 5.95. The maximum Gasteiger partial charge on any atom is 0.0540 e. The van der Waals surface area contributed by atoms with Gasteiger partial charge in [0.05, 0.1) is 11.4 Å². The third kappa shape index (κ3) is 8.72. The van der Waals surface area contributed by atoms with Crippen LogP contribution >= 0.6 is 0 Å². The van der Waals surface area contributed by atoms with Crippen molar-refractivity contribution < 1.29 is 0 Å². The summed E-state index contributed by atoms with van der Waals surface area (Å²) in [6.07, 6.45) is 0. The minimum atomic E-state index is 0.767. The average molecular weight is 849 g/mol. The number of anilines is 8. The van der Waals surface area contributed by atoms with Gasteiger partial charge in [-0.05, 0) is 129 Å². The molecule has 0 aliphatic rings. The van der Waals surface area contributed by atoms with E-state index in [2.05, 4.69) is 222 Å². The third-order valence-corrected chi connectivity index (χ3v) is 12.0. The van der Waals surface area contributed by atoms with E-state index in [4.69, 9.17) is 11.5 Å². The summed E-state index contributed by atoms with van der Waals surface area (Å²) >= 11 is 0. The van der Waals surface area contributed by atoms with Gasteiger partial charge in [-0.3, -0.25) is 0 Å². The molecule has 0 radical (unpaired) electrons. The molecule has 4 N–H and O–H groups in total. The lowest BCUT2D eigenvalue weighted by Crippen LogP contribution is -2.10. The van der Waals surface area contributed by atoms with Crippen molar-refractivity contribution in [2.24, 2.45) is 0 Å². The number of hydrogen-bond donors (Lipinski definition) is 2. The van der Waals surface area contributed by atoms with E-state index in [0.717, 1.165) is 67.8 Å². The molecule has 11 aromatic carbocycles. The van der Waals surface area contributed by atoms with Crippen LogP contribution in [0.25, 0.3) is 54.9 Å². The zero-order valence-corrected chi connectivity index (χ0v) is 36.5. The first-order valence-electron chi connectivity index (χ1n) is 22.2. The molecule has 4 nitrogen and oxygen atoms in total. The zero-order valence-electron chi connectivity index (χ0n) is 36.5. The second-order valence-corrected chi connectivity index (χ2v) is 16.2. The van der Waals surface area contributed by atoms with Crippen LogP contribution in [-0.4, -0.2) is 0 Å². The van der Waals surface area contributed by atoms with Crippen molar-refractivity contribution in [3.63, 3.8) is 0 Å². The molecular formula is C62H48N4. The number of hydrogen-bond acceptors (Lipinski definition) is 4. The summed E-state index contributed by atoms with van der Waals surface area (Å²) in [4.78, 5) is 4.69. The van der Waals surface area contributed by atoms with Crippen LogP contribution in [0.2, 0.25) is 0 Å². The Hall–Kier alpha value is -8.86. The maximum atomic E-state index is 5.95. The van der Waals surface area contributed by atoms with Crippen molar-refractivity contribution in [3.05, 3.63) is 267 Å². The Labute approximate surface area is 386 Å². The van der Waals surface area contributed by atoms with Crippen molar-refractivity contribution in [1.29, 1.82) is 0 Å². The van der Waals surface area contributed by atoms with Crippen LogP contribution in [0.4, 0.5) is 45.5 Å². The van der Waals surface area contributed by atoms with Crippen molar-refractivity contribution in [3.8, 4) is 33.4 Å². The van der Waals surface area contributed by atoms with Gasteiger partial charge in [0.25, 0.3) is 0 Å². The highest BCUT2D eigenvalue weighted by Gasteiger charge is 2.17. The number of fused-ring (bicyclic) bond motifs is 2. The first-order chi connectivity index (χ1) is 32.6. The molecule has 0 amide bonds. The summed E-state index contributed by atoms with van der Waals surface area (Å²) in [6.45, 7) is 0. The summed E-state index contributed by atoms with van der Waals surface area (Å²) in [5.74, 6) is 0. The number of nitrogen functional groups attached to an aromatic ring is 2. The van der Waals surface area contributed by atoms with Crippen LogP contribution in [0.1, 0.15) is 0 Å². The van der Waals surface area contributed by atoms with Gasteiger partial charge in [0, 0.05) is 44.9 Å². The van der Waals surface area contributed by atoms with E-state index in [1.54, 1.807) is 0 Å². The highest BCUT2D eigenvalue weighted by Crippen LogP contribution is 2.42. The summed E-state index contributed by atoms with van der Waals surface area (Å²) in [7, 11) is 0. The average Bonchev–Trinajstić information content (AvgIpc) is 3.38. The van der Waals surface area contributed by atoms with Gasteiger partial charge < -0.3 is 21.3 Å². The Balaban J connectivity index is 0.000000213. The van der Waals surface area contributed by atoms with Crippen LogP contribution in [0.5, 0.6) is 0 Å². The van der Waals surface area contributed by atoms with E-state index < -0.39 is 0 Å². The summed E-state index contributed by atoms with van der Waals surface area (Å²) in [5, 5.41) is 4.90. The predicted molar refractivity (Wildman–Crippen MR) is 282 cm³/mol.